The van der Waals surface area contributed by atoms with Crippen molar-refractivity contribution in [3.8, 4) is 0 Å². The maximum atomic E-state index is 13.3. The van der Waals surface area contributed by atoms with Crippen LogP contribution in [-0.4, -0.2) is 60.4 Å². The number of hydrogen-bond donors (Lipinski definition) is 4. The number of allylic oxidation sites excluding steroid dienone is 4. The number of anilines is 1. The Bertz CT molecular complexity index is 1960. The minimum atomic E-state index is -4.18. The normalized spacial score (nSPS) is 16.9. The molecule has 2 heterocycles. The number of aliphatic hydroxyl groups excluding tert-OH is 1. The summed E-state index contributed by atoms with van der Waals surface area (Å²) >= 11 is -0.568. The first-order valence-corrected chi connectivity index (χ1v) is 18.6. The predicted octanol–water partition coefficient (Wildman–Crippen LogP) is 4.24. The first-order chi connectivity index (χ1) is 21.9. The van der Waals surface area contributed by atoms with E-state index in [9.17, 15) is 32.5 Å². The summed E-state index contributed by atoms with van der Waals surface area (Å²) in [4.78, 5) is 40.8. The highest BCUT2D eigenvalue weighted by molar-refractivity contribution is 8.14. The third-order valence-electron chi connectivity index (χ3n) is 7.65. The number of hydrogen-bond acceptors (Lipinski definition) is 7. The van der Waals surface area contributed by atoms with Crippen molar-refractivity contribution in [1.29, 1.82) is 0 Å². The Morgan fingerprint density at radius 3 is 2.46 bits per heavy atom. The van der Waals surface area contributed by atoms with Crippen LogP contribution in [0.5, 0.6) is 0 Å². The Morgan fingerprint density at radius 1 is 0.957 bits per heavy atom. The number of thiol groups is 1. The van der Waals surface area contributed by atoms with Gasteiger partial charge in [0.2, 0.25) is 28.7 Å². The van der Waals surface area contributed by atoms with Crippen LogP contribution in [0, 0.1) is 0 Å². The largest absolute Gasteiger partial charge is 0.506 e. The van der Waals surface area contributed by atoms with Gasteiger partial charge in [0.05, 0.1) is 16.9 Å². The SMILES string of the molecule is C[SH](C)NC(=O)CCCN1/C(=C/C2=C(O)C(=C/c3ccc4ccccc4[n+]3CCCS(=O)(=O)O)/C(=O)C2=O)C=Cc2ccccc21. The van der Waals surface area contributed by atoms with Gasteiger partial charge in [0.15, 0.2) is 6.54 Å². The second-order valence-electron chi connectivity index (χ2n) is 11.2. The highest BCUT2D eigenvalue weighted by Gasteiger charge is 2.37. The predicted molar refractivity (Wildman–Crippen MR) is 182 cm³/mol. The molecule has 46 heavy (non-hydrogen) atoms. The second kappa shape index (κ2) is 13.9. The van der Waals surface area contributed by atoms with Crippen LogP contribution in [0.15, 0.2) is 95.4 Å². The average Bonchev–Trinajstić information content (AvgIpc) is 3.20. The Labute approximate surface area is 270 Å². The third-order valence-corrected chi connectivity index (χ3v) is 9.15. The number of para-hydroxylation sites is 2. The van der Waals surface area contributed by atoms with E-state index in [0.717, 1.165) is 22.2 Å². The fraction of sp³-hybridized carbons (Fsp3) is 0.235. The molecule has 0 bridgehead atoms. The molecule has 2 aliphatic rings. The van der Waals surface area contributed by atoms with Crippen LogP contribution in [0.2, 0.25) is 0 Å². The lowest BCUT2D eigenvalue weighted by Crippen LogP contribution is -2.39. The molecular formula is C34H36N3O7S2+. The van der Waals surface area contributed by atoms with Crippen molar-refractivity contribution in [1.82, 2.24) is 4.72 Å². The van der Waals surface area contributed by atoms with Gasteiger partial charge in [-0.2, -0.15) is 24.1 Å². The van der Waals surface area contributed by atoms with Gasteiger partial charge in [-0.25, -0.2) is 0 Å². The molecule has 2 aromatic carbocycles. The third kappa shape index (κ3) is 7.47. The Hall–Kier alpha value is -4.52. The molecule has 0 spiro atoms. The van der Waals surface area contributed by atoms with Crippen molar-refractivity contribution in [2.75, 3.05) is 29.7 Å². The maximum Gasteiger partial charge on any atom is 0.265 e. The number of aromatic nitrogens is 1. The number of carbonyl (C=O) groups excluding carboxylic acids is 3. The molecule has 10 nitrogen and oxygen atoms in total. The van der Waals surface area contributed by atoms with Crippen LogP contribution < -0.4 is 14.2 Å². The number of ketones is 2. The summed E-state index contributed by atoms with van der Waals surface area (Å²) in [5.74, 6) is -2.64. The van der Waals surface area contributed by atoms with Crippen LogP contribution in [-0.2, 0) is 31.0 Å². The van der Waals surface area contributed by atoms with Gasteiger partial charge in [0.1, 0.15) is 5.76 Å². The van der Waals surface area contributed by atoms with Gasteiger partial charge in [-0.3, -0.25) is 18.9 Å². The minimum Gasteiger partial charge on any atom is -0.506 e. The highest BCUT2D eigenvalue weighted by atomic mass is 32.2. The lowest BCUT2D eigenvalue weighted by Gasteiger charge is -2.30. The van der Waals surface area contributed by atoms with Crippen LogP contribution >= 0.6 is 11.1 Å². The highest BCUT2D eigenvalue weighted by Crippen LogP contribution is 2.34. The Balaban J connectivity index is 1.51. The van der Waals surface area contributed by atoms with E-state index in [1.807, 2.05) is 84.2 Å². The van der Waals surface area contributed by atoms with Crippen LogP contribution in [0.1, 0.15) is 30.5 Å². The zero-order valence-electron chi connectivity index (χ0n) is 25.5. The maximum absolute atomic E-state index is 13.3. The molecule has 240 valence electrons. The van der Waals surface area contributed by atoms with Gasteiger partial charge in [-0.15, -0.1) is 0 Å². The fourth-order valence-corrected chi connectivity index (χ4v) is 6.69. The number of Topliss-reactive ketones (excluding diaryl/α,β-unsaturated/α-hetero) is 2. The quantitative estimate of drug-likeness (QED) is 0.0785. The molecule has 0 unspecified atom stereocenters. The molecule has 0 saturated heterocycles. The summed E-state index contributed by atoms with van der Waals surface area (Å²) in [7, 11) is -4.18. The van der Waals surface area contributed by atoms with Gasteiger partial charge in [-0.05, 0) is 54.8 Å². The van der Waals surface area contributed by atoms with Gasteiger partial charge in [0.25, 0.3) is 10.1 Å². The number of amides is 1. The first kappa shape index (κ1) is 32.9. The van der Waals surface area contributed by atoms with Crippen molar-refractivity contribution in [3.05, 3.63) is 107 Å². The number of pyridine rings is 1. The van der Waals surface area contributed by atoms with E-state index in [4.69, 9.17) is 0 Å². The number of aryl methyl sites for hydroxylation is 1. The van der Waals surface area contributed by atoms with Crippen LogP contribution in [0.4, 0.5) is 5.69 Å². The molecule has 12 heteroatoms. The zero-order chi connectivity index (χ0) is 33.0. The second-order valence-corrected chi connectivity index (χ2v) is 14.8. The Kier molecular flexibility index (Phi) is 9.90. The van der Waals surface area contributed by atoms with Crippen LogP contribution in [0.3, 0.4) is 0 Å². The number of benzene rings is 2. The number of nitrogens with one attached hydrogen (secondary N) is 1. The summed E-state index contributed by atoms with van der Waals surface area (Å²) in [5, 5.41) is 12.2. The van der Waals surface area contributed by atoms with Gasteiger partial charge in [0, 0.05) is 54.4 Å². The number of fused-ring (bicyclic) bond motifs is 2. The molecule has 3 N–H and O–H groups in total. The Morgan fingerprint density at radius 2 is 1.70 bits per heavy atom. The molecule has 1 aromatic heterocycles. The van der Waals surface area contributed by atoms with Gasteiger partial charge in [-0.1, -0.05) is 36.4 Å². The first-order valence-electron chi connectivity index (χ1n) is 14.8. The van der Waals surface area contributed by atoms with E-state index in [1.54, 1.807) is 10.6 Å². The summed E-state index contributed by atoms with van der Waals surface area (Å²) in [6.07, 6.45) is 11.5. The van der Waals surface area contributed by atoms with E-state index in [0.29, 0.717) is 30.8 Å². The van der Waals surface area contributed by atoms with Crippen LogP contribution in [0.25, 0.3) is 23.1 Å². The number of aliphatic hydroxyl groups is 1. The van der Waals surface area contributed by atoms with Crippen molar-refractivity contribution in [2.45, 2.75) is 25.8 Å². The molecule has 0 saturated carbocycles. The molecule has 5 rings (SSSR count). The molecule has 1 aliphatic carbocycles. The van der Waals surface area contributed by atoms with Crippen molar-refractivity contribution >= 4 is 67.4 Å². The molecular weight excluding hydrogens is 627 g/mol. The van der Waals surface area contributed by atoms with Crippen molar-refractivity contribution < 1.29 is 37.0 Å². The topological polar surface area (TPSA) is 145 Å². The van der Waals surface area contributed by atoms with E-state index in [-0.39, 0.29) is 30.0 Å². The molecule has 0 fully saturated rings. The lowest BCUT2D eigenvalue weighted by molar-refractivity contribution is -0.673. The summed E-state index contributed by atoms with van der Waals surface area (Å²) in [5.41, 5.74) is 3.33. The molecule has 0 atom stereocenters. The van der Waals surface area contributed by atoms with Gasteiger partial charge >= 0.3 is 0 Å². The van der Waals surface area contributed by atoms with E-state index in [1.165, 1.54) is 12.2 Å². The van der Waals surface area contributed by atoms with E-state index < -0.39 is 44.3 Å². The molecule has 1 amide bonds. The summed E-state index contributed by atoms with van der Waals surface area (Å²) in [6.45, 7) is 0.657. The average molecular weight is 663 g/mol. The van der Waals surface area contributed by atoms with Gasteiger partial charge < -0.3 is 14.7 Å². The number of carbonyl (C=O) groups is 3. The van der Waals surface area contributed by atoms with E-state index in [2.05, 4.69) is 4.72 Å². The fourth-order valence-electron chi connectivity index (χ4n) is 5.58. The zero-order valence-corrected chi connectivity index (χ0v) is 27.2. The monoisotopic (exact) mass is 662 g/mol. The van der Waals surface area contributed by atoms with Crippen molar-refractivity contribution in [2.24, 2.45) is 0 Å². The summed E-state index contributed by atoms with van der Waals surface area (Å²) in [6, 6.07) is 18.7. The number of rotatable bonds is 11. The van der Waals surface area contributed by atoms with Crippen molar-refractivity contribution in [3.63, 3.8) is 0 Å². The summed E-state index contributed by atoms with van der Waals surface area (Å²) < 4.78 is 36.7. The molecule has 1 aliphatic heterocycles. The molecule has 0 radical (unpaired) electrons. The minimum absolute atomic E-state index is 0.0295. The van der Waals surface area contributed by atoms with E-state index >= 15 is 0 Å². The smallest absolute Gasteiger partial charge is 0.265 e. The standard InChI is InChI=1S/C34H35N3O7S2/c1-45(2)35-31(38)13-7-18-36-25(16-14-23-9-3-5-11-29(23)36)21-27-32(39)28(34(41)33(27)40)22-26-17-15-24-10-4-6-12-30(24)37(26)19-8-20-46(42,43)44/h3-6,9-12,14-17,21-22,45H,7-8,13,18-20H2,1-2H3,(H2-,35,38,39,40,41,42,43,44)/p+1. The lowest BCUT2D eigenvalue weighted by atomic mass is 10.0. The number of nitrogens with zero attached hydrogens (tertiary/aromatic N) is 2. The molecule has 3 aromatic rings.